The van der Waals surface area contributed by atoms with Gasteiger partial charge in [0.2, 0.25) is 5.95 Å². The highest BCUT2D eigenvalue weighted by Gasteiger charge is 2.38. The highest BCUT2D eigenvalue weighted by molar-refractivity contribution is 6.32. The monoisotopic (exact) mass is 520 g/mol. The zero-order chi connectivity index (χ0) is 25.7. The van der Waals surface area contributed by atoms with E-state index in [-0.39, 0.29) is 0 Å². The number of halogens is 4. The zero-order valence-electron chi connectivity index (χ0n) is 19.1. The van der Waals surface area contributed by atoms with Gasteiger partial charge in [0.25, 0.3) is 0 Å². The third-order valence-corrected chi connectivity index (χ3v) is 6.05. The van der Waals surface area contributed by atoms with Crippen LogP contribution in [-0.4, -0.2) is 33.3 Å². The van der Waals surface area contributed by atoms with Crippen molar-refractivity contribution in [1.29, 1.82) is 0 Å². The molecule has 36 heavy (non-hydrogen) atoms. The van der Waals surface area contributed by atoms with Gasteiger partial charge in [-0.25, -0.2) is 9.78 Å². The van der Waals surface area contributed by atoms with Crippen LogP contribution in [0.25, 0.3) is 0 Å². The van der Waals surface area contributed by atoms with E-state index in [1.165, 1.54) is 24.0 Å². The summed E-state index contributed by atoms with van der Waals surface area (Å²) in [5.41, 5.74) is 4.36. The number of hydrogen-bond acceptors (Lipinski definition) is 6. The maximum absolute atomic E-state index is 10.6. The molecule has 0 radical (unpaired) electrons. The van der Waals surface area contributed by atoms with Crippen LogP contribution in [0.5, 0.6) is 5.75 Å². The molecule has 1 aromatic heterocycles. The normalized spacial score (nSPS) is 15.1. The minimum absolute atomic E-state index is 0.334. The summed E-state index contributed by atoms with van der Waals surface area (Å²) in [5.74, 6) is -0.682. The number of anilines is 4. The first kappa shape index (κ1) is 25.6. The summed E-state index contributed by atoms with van der Waals surface area (Å²) in [6, 6.07) is 14.6. The quantitative estimate of drug-likeness (QED) is 0.347. The molecule has 2 aromatic carbocycles. The molecule has 0 saturated heterocycles. The average Bonchev–Trinajstić information content (AvgIpc) is 3.34. The van der Waals surface area contributed by atoms with Crippen LogP contribution in [0.1, 0.15) is 36.8 Å². The molecule has 0 unspecified atom stereocenters. The Kier molecular flexibility index (Phi) is 7.83. The number of carboxylic acid groups (broad SMARTS) is 1. The first-order chi connectivity index (χ1) is 17.2. The fraction of sp³-hybridized carbons (Fsp3) is 0.320. The van der Waals surface area contributed by atoms with E-state index in [4.69, 9.17) is 26.2 Å². The van der Waals surface area contributed by atoms with E-state index in [1.807, 2.05) is 12.1 Å². The van der Waals surface area contributed by atoms with Gasteiger partial charge in [-0.3, -0.25) is 0 Å². The zero-order valence-corrected chi connectivity index (χ0v) is 19.9. The molecule has 0 amide bonds. The van der Waals surface area contributed by atoms with Crippen molar-refractivity contribution < 1.29 is 27.8 Å². The number of benzene rings is 2. The molecule has 0 atom stereocenters. The van der Waals surface area contributed by atoms with Gasteiger partial charge < -0.3 is 20.5 Å². The third kappa shape index (κ3) is 6.78. The van der Waals surface area contributed by atoms with Gasteiger partial charge in [-0.05, 0) is 80.0 Å². The van der Waals surface area contributed by atoms with E-state index < -0.39 is 12.1 Å². The fourth-order valence-corrected chi connectivity index (χ4v) is 4.16. The number of ether oxygens (including phenoxy) is 1. The molecule has 190 valence electrons. The number of aromatic nitrogens is 2. The number of nitrogens with one attached hydrogen (secondary N) is 2. The van der Waals surface area contributed by atoms with Gasteiger partial charge in [-0.15, -0.1) is 0 Å². The Hall–Kier alpha value is -3.53. The van der Waals surface area contributed by atoms with Crippen molar-refractivity contribution in [2.45, 2.75) is 50.8 Å². The second-order valence-electron chi connectivity index (χ2n) is 8.49. The number of nitrogens with zero attached hydrogens (tertiary/aromatic N) is 2. The van der Waals surface area contributed by atoms with Crippen molar-refractivity contribution in [3.8, 4) is 5.75 Å². The van der Waals surface area contributed by atoms with E-state index in [1.54, 1.807) is 6.20 Å². The van der Waals surface area contributed by atoms with E-state index in [0.29, 0.717) is 22.9 Å². The maximum Gasteiger partial charge on any atom is 0.490 e. The average molecular weight is 521 g/mol. The van der Waals surface area contributed by atoms with Gasteiger partial charge in [-0.1, -0.05) is 23.7 Å². The molecule has 6 bridgehead atoms. The predicted molar refractivity (Wildman–Crippen MR) is 130 cm³/mol. The second-order valence-corrected chi connectivity index (χ2v) is 8.90. The van der Waals surface area contributed by atoms with Crippen molar-refractivity contribution in [3.63, 3.8) is 0 Å². The van der Waals surface area contributed by atoms with Gasteiger partial charge >= 0.3 is 12.1 Å². The minimum Gasteiger partial charge on any atom is -0.490 e. The smallest absolute Gasteiger partial charge is 0.490 e. The number of aliphatic carboxylic acids is 1. The molecule has 3 aromatic rings. The molecule has 11 heteroatoms. The minimum atomic E-state index is -5.08. The summed E-state index contributed by atoms with van der Waals surface area (Å²) >= 11 is 6.34. The molecule has 0 spiro atoms. The molecule has 1 fully saturated rings. The Labute approximate surface area is 210 Å². The van der Waals surface area contributed by atoms with Crippen LogP contribution in [0, 0.1) is 0 Å². The lowest BCUT2D eigenvalue weighted by molar-refractivity contribution is -0.192. The Morgan fingerprint density at radius 1 is 1.06 bits per heavy atom. The molecule has 1 aliphatic carbocycles. The standard InChI is InChI=1S/C23H23ClN4O.C2HF3O2/c24-20-14-25-23-27-17-5-3-4-15(12-17)8-9-16-13-18(26-22(20)28-23)10-11-21(16)29-19-6-1-2-7-19;3-2(4,5)1(6)7/h3-5,10-14,19H,1-2,6-9H2,(H2,25,26,27,28);(H,6,7). The van der Waals surface area contributed by atoms with Crippen molar-refractivity contribution in [2.75, 3.05) is 10.6 Å². The SMILES string of the molecule is Clc1cnc2nc1Nc1ccc(OC3CCCC3)c(c1)CCc1cccc(c1)N2.O=C(O)C(F)(F)F. The Balaban J connectivity index is 0.000000384. The number of alkyl halides is 3. The van der Waals surface area contributed by atoms with Crippen LogP contribution in [0.15, 0.2) is 48.7 Å². The predicted octanol–water partition coefficient (Wildman–Crippen LogP) is 6.67. The van der Waals surface area contributed by atoms with Gasteiger partial charge in [0, 0.05) is 11.4 Å². The molecule has 3 N–H and O–H groups in total. The lowest BCUT2D eigenvalue weighted by Gasteiger charge is -2.18. The number of aryl methyl sites for hydroxylation is 2. The highest BCUT2D eigenvalue weighted by Crippen LogP contribution is 2.32. The summed E-state index contributed by atoms with van der Waals surface area (Å²) in [6.45, 7) is 0. The van der Waals surface area contributed by atoms with Crippen LogP contribution in [0.4, 0.5) is 36.3 Å². The largest absolute Gasteiger partial charge is 0.490 e. The molecular formula is C25H24ClF3N4O3. The van der Waals surface area contributed by atoms with E-state index in [2.05, 4.69) is 50.9 Å². The lowest BCUT2D eigenvalue weighted by atomic mass is 10.0. The Morgan fingerprint density at radius 3 is 2.50 bits per heavy atom. The number of rotatable bonds is 2. The van der Waals surface area contributed by atoms with Crippen LogP contribution in [0.3, 0.4) is 0 Å². The lowest BCUT2D eigenvalue weighted by Crippen LogP contribution is -2.21. The fourth-order valence-electron chi connectivity index (χ4n) is 4.02. The number of carboxylic acids is 1. The van der Waals surface area contributed by atoms with Crippen LogP contribution < -0.4 is 15.4 Å². The van der Waals surface area contributed by atoms with Crippen molar-refractivity contribution in [2.24, 2.45) is 0 Å². The number of hydrogen-bond donors (Lipinski definition) is 3. The molecule has 5 rings (SSSR count). The maximum atomic E-state index is 10.6. The first-order valence-electron chi connectivity index (χ1n) is 11.4. The molecule has 7 nitrogen and oxygen atoms in total. The molecule has 2 aliphatic rings. The topological polar surface area (TPSA) is 96.4 Å². The van der Waals surface area contributed by atoms with Crippen LogP contribution in [-0.2, 0) is 17.6 Å². The molecular weight excluding hydrogens is 497 g/mol. The van der Waals surface area contributed by atoms with Crippen molar-refractivity contribution in [3.05, 3.63) is 64.8 Å². The van der Waals surface area contributed by atoms with E-state index in [9.17, 15) is 13.2 Å². The van der Waals surface area contributed by atoms with E-state index >= 15 is 0 Å². The molecule has 1 aliphatic heterocycles. The number of carbonyl (C=O) groups is 1. The van der Waals surface area contributed by atoms with Crippen LogP contribution >= 0.6 is 11.6 Å². The highest BCUT2D eigenvalue weighted by atomic mass is 35.5. The van der Waals surface area contributed by atoms with E-state index in [0.717, 1.165) is 42.8 Å². The van der Waals surface area contributed by atoms with Gasteiger partial charge in [0.1, 0.15) is 10.8 Å². The van der Waals surface area contributed by atoms with Crippen LogP contribution in [0.2, 0.25) is 5.02 Å². The molecule has 1 saturated carbocycles. The summed E-state index contributed by atoms with van der Waals surface area (Å²) in [5, 5.41) is 14.2. The number of fused-ring (bicyclic) bond motifs is 6. The van der Waals surface area contributed by atoms with Gasteiger partial charge in [0.05, 0.1) is 12.3 Å². The van der Waals surface area contributed by atoms with Gasteiger partial charge in [-0.2, -0.15) is 18.2 Å². The van der Waals surface area contributed by atoms with Crippen molar-refractivity contribution >= 4 is 40.7 Å². The van der Waals surface area contributed by atoms with Gasteiger partial charge in [0.15, 0.2) is 5.82 Å². The second kappa shape index (κ2) is 11.0. The molecule has 2 heterocycles. The van der Waals surface area contributed by atoms with Crippen molar-refractivity contribution in [1.82, 2.24) is 9.97 Å². The Bertz CT molecular complexity index is 1230. The summed E-state index contributed by atoms with van der Waals surface area (Å²) in [6.07, 6.45) is 3.50. The summed E-state index contributed by atoms with van der Waals surface area (Å²) in [4.78, 5) is 17.7. The Morgan fingerprint density at radius 2 is 1.78 bits per heavy atom. The first-order valence-corrected chi connectivity index (χ1v) is 11.8. The third-order valence-electron chi connectivity index (χ3n) is 5.77. The summed E-state index contributed by atoms with van der Waals surface area (Å²) < 4.78 is 38.1. The summed E-state index contributed by atoms with van der Waals surface area (Å²) in [7, 11) is 0.